The standard InChI is InChI=1S/C23H31NO/c1-2-3-15-21-16-10-17-22(19-11-6-4-7-12-19)24(21)23(18-25)20-13-8-5-9-14-20/h4-9,11-14,21-23,25H,2-3,10,15-18H2,1H3/t21-,22-,23+/m0/s1. The van der Waals surface area contributed by atoms with E-state index in [0.29, 0.717) is 12.1 Å². The summed E-state index contributed by atoms with van der Waals surface area (Å²) in [6, 6.07) is 22.4. The number of nitrogens with zero attached hydrogens (tertiary/aromatic N) is 1. The fraction of sp³-hybridized carbons (Fsp3) is 0.478. The van der Waals surface area contributed by atoms with Crippen LogP contribution in [0.5, 0.6) is 0 Å². The van der Waals surface area contributed by atoms with E-state index in [1.807, 2.05) is 0 Å². The van der Waals surface area contributed by atoms with Crippen LogP contribution in [0, 0.1) is 0 Å². The normalized spacial score (nSPS) is 22.6. The zero-order chi connectivity index (χ0) is 17.5. The maximum atomic E-state index is 10.3. The van der Waals surface area contributed by atoms with Crippen molar-refractivity contribution in [3.8, 4) is 0 Å². The molecule has 1 aliphatic rings. The van der Waals surface area contributed by atoms with E-state index in [9.17, 15) is 5.11 Å². The third-order valence-corrected chi connectivity index (χ3v) is 5.59. The van der Waals surface area contributed by atoms with Crippen LogP contribution in [-0.2, 0) is 0 Å². The minimum Gasteiger partial charge on any atom is -0.394 e. The second-order valence-electron chi connectivity index (χ2n) is 7.21. The summed E-state index contributed by atoms with van der Waals surface area (Å²) in [5.74, 6) is 0. The molecule has 1 aliphatic heterocycles. The monoisotopic (exact) mass is 337 g/mol. The summed E-state index contributed by atoms with van der Waals surface area (Å²) in [5, 5.41) is 10.3. The molecule has 1 N–H and O–H groups in total. The molecule has 2 heteroatoms. The highest BCUT2D eigenvalue weighted by Gasteiger charge is 2.36. The largest absolute Gasteiger partial charge is 0.394 e. The molecule has 3 atom stereocenters. The molecule has 0 amide bonds. The van der Waals surface area contributed by atoms with Gasteiger partial charge in [-0.25, -0.2) is 0 Å². The first-order valence-corrected chi connectivity index (χ1v) is 9.83. The number of hydrogen-bond donors (Lipinski definition) is 1. The zero-order valence-corrected chi connectivity index (χ0v) is 15.3. The van der Waals surface area contributed by atoms with Gasteiger partial charge in [-0.15, -0.1) is 0 Å². The van der Waals surface area contributed by atoms with Gasteiger partial charge >= 0.3 is 0 Å². The third kappa shape index (κ3) is 4.31. The predicted molar refractivity (Wildman–Crippen MR) is 104 cm³/mol. The molecule has 0 aromatic heterocycles. The number of likely N-dealkylation sites (tertiary alicyclic amines) is 1. The predicted octanol–water partition coefficient (Wildman–Crippen LogP) is 5.51. The summed E-state index contributed by atoms with van der Waals surface area (Å²) in [6.45, 7) is 2.44. The van der Waals surface area contributed by atoms with E-state index in [1.165, 1.54) is 49.7 Å². The van der Waals surface area contributed by atoms with Gasteiger partial charge in [0.1, 0.15) is 0 Å². The van der Waals surface area contributed by atoms with E-state index in [2.05, 4.69) is 72.5 Å². The second-order valence-corrected chi connectivity index (χ2v) is 7.21. The molecule has 2 aromatic rings. The minimum absolute atomic E-state index is 0.0774. The molecular weight excluding hydrogens is 306 g/mol. The maximum absolute atomic E-state index is 10.3. The van der Waals surface area contributed by atoms with Crippen LogP contribution in [0.25, 0.3) is 0 Å². The maximum Gasteiger partial charge on any atom is 0.0628 e. The van der Waals surface area contributed by atoms with E-state index in [-0.39, 0.29) is 12.6 Å². The van der Waals surface area contributed by atoms with Crippen molar-refractivity contribution in [1.82, 2.24) is 4.90 Å². The number of aliphatic hydroxyl groups is 1. The topological polar surface area (TPSA) is 23.5 Å². The molecule has 1 fully saturated rings. The van der Waals surface area contributed by atoms with Gasteiger partial charge in [0, 0.05) is 12.1 Å². The van der Waals surface area contributed by atoms with Gasteiger partial charge in [-0.3, -0.25) is 4.90 Å². The Morgan fingerprint density at radius 1 is 1.00 bits per heavy atom. The van der Waals surface area contributed by atoms with Gasteiger partial charge in [-0.1, -0.05) is 80.4 Å². The van der Waals surface area contributed by atoms with Crippen molar-refractivity contribution < 1.29 is 5.11 Å². The average Bonchev–Trinajstić information content (AvgIpc) is 2.69. The molecule has 3 rings (SSSR count). The lowest BCUT2D eigenvalue weighted by molar-refractivity contribution is 0.00488. The molecule has 0 spiro atoms. The Bertz CT molecular complexity index is 571. The molecular formula is C23H31NO. The molecule has 2 nitrogen and oxygen atoms in total. The first-order valence-electron chi connectivity index (χ1n) is 9.83. The smallest absolute Gasteiger partial charge is 0.0628 e. The lowest BCUT2D eigenvalue weighted by Crippen LogP contribution is -2.45. The van der Waals surface area contributed by atoms with Crippen LogP contribution in [0.2, 0.25) is 0 Å². The highest BCUT2D eigenvalue weighted by molar-refractivity contribution is 5.24. The average molecular weight is 338 g/mol. The van der Waals surface area contributed by atoms with Crippen molar-refractivity contribution in [3.05, 3.63) is 71.8 Å². The molecule has 1 saturated heterocycles. The van der Waals surface area contributed by atoms with Gasteiger partial charge in [0.15, 0.2) is 0 Å². The van der Waals surface area contributed by atoms with Crippen molar-refractivity contribution >= 4 is 0 Å². The summed E-state index contributed by atoms with van der Waals surface area (Å²) in [4.78, 5) is 2.63. The lowest BCUT2D eigenvalue weighted by atomic mass is 9.86. The molecule has 0 unspecified atom stereocenters. The molecule has 1 heterocycles. The van der Waals surface area contributed by atoms with Crippen molar-refractivity contribution in [2.24, 2.45) is 0 Å². The highest BCUT2D eigenvalue weighted by atomic mass is 16.3. The van der Waals surface area contributed by atoms with Crippen molar-refractivity contribution in [2.45, 2.75) is 63.6 Å². The highest BCUT2D eigenvalue weighted by Crippen LogP contribution is 2.41. The van der Waals surface area contributed by atoms with Gasteiger partial charge in [-0.2, -0.15) is 0 Å². The molecule has 0 bridgehead atoms. The first kappa shape index (κ1) is 18.2. The van der Waals surface area contributed by atoms with E-state index >= 15 is 0 Å². The Hall–Kier alpha value is -1.64. The molecule has 0 radical (unpaired) electrons. The Kier molecular flexibility index (Phi) is 6.66. The molecule has 134 valence electrons. The van der Waals surface area contributed by atoms with Crippen LogP contribution >= 0.6 is 0 Å². The van der Waals surface area contributed by atoms with Crippen LogP contribution < -0.4 is 0 Å². The quantitative estimate of drug-likeness (QED) is 0.720. The van der Waals surface area contributed by atoms with Crippen molar-refractivity contribution in [2.75, 3.05) is 6.61 Å². The van der Waals surface area contributed by atoms with E-state index in [4.69, 9.17) is 0 Å². The Morgan fingerprint density at radius 2 is 1.68 bits per heavy atom. The third-order valence-electron chi connectivity index (χ3n) is 5.59. The number of rotatable bonds is 7. The van der Waals surface area contributed by atoms with Gasteiger partial charge in [-0.05, 0) is 36.8 Å². The number of piperidine rings is 1. The van der Waals surface area contributed by atoms with Crippen LogP contribution in [-0.4, -0.2) is 22.7 Å². The van der Waals surface area contributed by atoms with Gasteiger partial charge < -0.3 is 5.11 Å². The summed E-state index contributed by atoms with van der Waals surface area (Å²) < 4.78 is 0. The molecule has 0 aliphatic carbocycles. The lowest BCUT2D eigenvalue weighted by Gasteiger charge is -2.47. The SMILES string of the molecule is CCCC[C@H]1CCC[C@@H](c2ccccc2)N1[C@H](CO)c1ccccc1. The van der Waals surface area contributed by atoms with E-state index in [0.717, 1.165) is 0 Å². The number of aliphatic hydroxyl groups excluding tert-OH is 1. The molecule has 0 saturated carbocycles. The van der Waals surface area contributed by atoms with Crippen molar-refractivity contribution in [1.29, 1.82) is 0 Å². The van der Waals surface area contributed by atoms with E-state index < -0.39 is 0 Å². The van der Waals surface area contributed by atoms with Crippen LogP contribution in [0.4, 0.5) is 0 Å². The van der Waals surface area contributed by atoms with Crippen LogP contribution in [0.1, 0.15) is 68.7 Å². The summed E-state index contributed by atoms with van der Waals surface area (Å²) in [5.41, 5.74) is 2.62. The second kappa shape index (κ2) is 9.17. The minimum atomic E-state index is 0.0774. The number of benzene rings is 2. The molecule has 2 aromatic carbocycles. The van der Waals surface area contributed by atoms with Crippen LogP contribution in [0.3, 0.4) is 0 Å². The fourth-order valence-electron chi connectivity index (χ4n) is 4.37. The fourth-order valence-corrected chi connectivity index (χ4v) is 4.37. The summed E-state index contributed by atoms with van der Waals surface area (Å²) in [7, 11) is 0. The van der Waals surface area contributed by atoms with Gasteiger partial charge in [0.05, 0.1) is 12.6 Å². The van der Waals surface area contributed by atoms with E-state index in [1.54, 1.807) is 0 Å². The summed E-state index contributed by atoms with van der Waals surface area (Å²) >= 11 is 0. The van der Waals surface area contributed by atoms with Crippen LogP contribution in [0.15, 0.2) is 60.7 Å². The Balaban J connectivity index is 1.95. The first-order chi connectivity index (χ1) is 12.3. The van der Waals surface area contributed by atoms with Gasteiger partial charge in [0.25, 0.3) is 0 Å². The zero-order valence-electron chi connectivity index (χ0n) is 15.3. The Morgan fingerprint density at radius 3 is 2.32 bits per heavy atom. The van der Waals surface area contributed by atoms with Crippen molar-refractivity contribution in [3.63, 3.8) is 0 Å². The summed E-state index contributed by atoms with van der Waals surface area (Å²) in [6.07, 6.45) is 7.41. The molecule has 25 heavy (non-hydrogen) atoms. The van der Waals surface area contributed by atoms with Gasteiger partial charge in [0.2, 0.25) is 0 Å². The number of unbranched alkanes of at least 4 members (excludes halogenated alkanes) is 1. The number of hydrogen-bond acceptors (Lipinski definition) is 2. The Labute approximate surface area is 152 Å².